The summed E-state index contributed by atoms with van der Waals surface area (Å²) in [6, 6.07) is 12.9. The van der Waals surface area contributed by atoms with Crippen LogP contribution >= 0.6 is 12.2 Å². The molecule has 0 radical (unpaired) electrons. The van der Waals surface area contributed by atoms with Crippen LogP contribution in [0.2, 0.25) is 0 Å². The molecule has 0 aromatic heterocycles. The second kappa shape index (κ2) is 8.78. The van der Waals surface area contributed by atoms with Gasteiger partial charge in [0.2, 0.25) is 0 Å². The van der Waals surface area contributed by atoms with Crippen LogP contribution in [0.15, 0.2) is 53.4 Å². The van der Waals surface area contributed by atoms with E-state index in [1.165, 1.54) is 12.1 Å². The predicted octanol–water partition coefficient (Wildman–Crippen LogP) is 2.77. The van der Waals surface area contributed by atoms with Crippen molar-refractivity contribution in [3.63, 3.8) is 0 Å². The second-order valence-corrected chi connectivity index (χ2v) is 8.07. The lowest BCUT2D eigenvalue weighted by atomic mass is 10.2. The molecule has 0 aliphatic carbocycles. The lowest BCUT2D eigenvalue weighted by Gasteiger charge is -2.16. The first-order valence-electron chi connectivity index (χ1n) is 8.08. The third kappa shape index (κ3) is 5.90. The monoisotopic (exact) mass is 408 g/mol. The summed E-state index contributed by atoms with van der Waals surface area (Å²) >= 11 is 4.99. The Morgan fingerprint density at radius 1 is 1.19 bits per heavy atom. The number of nitrogens with one attached hydrogen (secondary N) is 3. The average molecular weight is 409 g/mol. The van der Waals surface area contributed by atoms with Gasteiger partial charge in [0.1, 0.15) is 4.90 Å². The van der Waals surface area contributed by atoms with Crippen molar-refractivity contribution in [2.75, 3.05) is 5.32 Å². The Hall–Kier alpha value is -2.72. The average Bonchev–Trinajstić information content (AvgIpc) is 2.59. The minimum absolute atomic E-state index is 0.0685. The molecule has 2 aromatic carbocycles. The lowest BCUT2D eigenvalue weighted by Crippen LogP contribution is -2.42. The Balaban J connectivity index is 2.34. The number of hydrogen-bond donors (Lipinski definition) is 3. The lowest BCUT2D eigenvalue weighted by molar-refractivity contribution is -0.385. The van der Waals surface area contributed by atoms with E-state index in [1.807, 2.05) is 30.3 Å². The molecule has 0 heterocycles. The Morgan fingerprint density at radius 2 is 1.85 bits per heavy atom. The fourth-order valence-electron chi connectivity index (χ4n) is 2.25. The number of benzene rings is 2. The maximum Gasteiger partial charge on any atom is 0.270 e. The highest BCUT2D eigenvalue weighted by Crippen LogP contribution is 2.27. The highest BCUT2D eigenvalue weighted by Gasteiger charge is 2.23. The Labute approximate surface area is 163 Å². The van der Waals surface area contributed by atoms with E-state index in [4.69, 9.17) is 12.2 Å². The van der Waals surface area contributed by atoms with Crippen molar-refractivity contribution < 1.29 is 13.3 Å². The summed E-state index contributed by atoms with van der Waals surface area (Å²) < 4.78 is 27.7. The molecule has 2 rings (SSSR count). The van der Waals surface area contributed by atoms with Crippen molar-refractivity contribution in [2.24, 2.45) is 0 Å². The van der Waals surface area contributed by atoms with Crippen molar-refractivity contribution in [2.45, 2.75) is 31.3 Å². The maximum absolute atomic E-state index is 12.7. The van der Waals surface area contributed by atoms with Gasteiger partial charge >= 0.3 is 0 Å². The molecule has 27 heavy (non-hydrogen) atoms. The fraction of sp³-hybridized carbons (Fsp3) is 0.235. The van der Waals surface area contributed by atoms with Crippen LogP contribution in [-0.4, -0.2) is 24.5 Å². The molecular formula is C17H20N4O4S2. The second-order valence-electron chi connectivity index (χ2n) is 6.01. The van der Waals surface area contributed by atoms with Crippen LogP contribution in [0.25, 0.3) is 0 Å². The van der Waals surface area contributed by atoms with E-state index in [-0.39, 0.29) is 27.4 Å². The van der Waals surface area contributed by atoms with Gasteiger partial charge < -0.3 is 10.6 Å². The zero-order chi connectivity index (χ0) is 20.0. The first-order valence-corrected chi connectivity index (χ1v) is 9.98. The summed E-state index contributed by atoms with van der Waals surface area (Å²) in [5.41, 5.74) is 0.844. The SMILES string of the molecule is CC(C)NC(=S)NS(=O)(=O)c1cc([N+](=O)[O-])ccc1NCc1ccccc1. The van der Waals surface area contributed by atoms with Crippen LogP contribution in [0.3, 0.4) is 0 Å². The summed E-state index contributed by atoms with van der Waals surface area (Å²) in [5, 5.41) is 16.8. The third-order valence-corrected chi connectivity index (χ3v) is 5.18. The van der Waals surface area contributed by atoms with E-state index in [2.05, 4.69) is 15.4 Å². The summed E-state index contributed by atoms with van der Waals surface area (Å²) in [6.07, 6.45) is 0. The highest BCUT2D eigenvalue weighted by atomic mass is 32.2. The molecule has 0 aliphatic rings. The van der Waals surface area contributed by atoms with Crippen molar-refractivity contribution in [3.8, 4) is 0 Å². The summed E-state index contributed by atoms with van der Waals surface area (Å²) in [5.74, 6) is 0. The zero-order valence-electron chi connectivity index (χ0n) is 14.8. The largest absolute Gasteiger partial charge is 0.380 e. The molecule has 0 bridgehead atoms. The Bertz CT molecular complexity index is 931. The van der Waals surface area contributed by atoms with Gasteiger partial charge in [0.25, 0.3) is 15.7 Å². The summed E-state index contributed by atoms with van der Waals surface area (Å²) in [7, 11) is -4.12. The van der Waals surface area contributed by atoms with Crippen LogP contribution in [0, 0.1) is 10.1 Å². The van der Waals surface area contributed by atoms with E-state index >= 15 is 0 Å². The number of non-ortho nitro benzene ring substituents is 1. The van der Waals surface area contributed by atoms with Crippen LogP contribution in [0.1, 0.15) is 19.4 Å². The fourth-order valence-corrected chi connectivity index (χ4v) is 3.94. The van der Waals surface area contributed by atoms with Crippen LogP contribution in [0.5, 0.6) is 0 Å². The molecule has 3 N–H and O–H groups in total. The van der Waals surface area contributed by atoms with Gasteiger partial charge in [0.15, 0.2) is 5.11 Å². The molecule has 10 heteroatoms. The number of nitro benzene ring substituents is 1. The standard InChI is InChI=1S/C17H20N4O4S2/c1-12(2)19-17(26)20-27(24,25)16-10-14(21(22)23)8-9-15(16)18-11-13-6-4-3-5-7-13/h3-10,12,18H,11H2,1-2H3,(H2,19,20,26). The number of anilines is 1. The first-order chi connectivity index (χ1) is 12.7. The van der Waals surface area contributed by atoms with Crippen molar-refractivity contribution >= 4 is 38.7 Å². The molecule has 0 atom stereocenters. The van der Waals surface area contributed by atoms with Crippen molar-refractivity contribution in [1.82, 2.24) is 10.0 Å². The van der Waals surface area contributed by atoms with Gasteiger partial charge in [-0.05, 0) is 37.7 Å². The third-order valence-electron chi connectivity index (χ3n) is 3.44. The highest BCUT2D eigenvalue weighted by molar-refractivity contribution is 7.92. The number of sulfonamides is 1. The molecule has 0 saturated heterocycles. The van der Waals surface area contributed by atoms with E-state index in [1.54, 1.807) is 13.8 Å². The van der Waals surface area contributed by atoms with Gasteiger partial charge in [-0.15, -0.1) is 0 Å². The van der Waals surface area contributed by atoms with Gasteiger partial charge in [0.05, 0.1) is 10.6 Å². The van der Waals surface area contributed by atoms with Crippen LogP contribution in [0.4, 0.5) is 11.4 Å². The maximum atomic E-state index is 12.7. The summed E-state index contributed by atoms with van der Waals surface area (Å²) in [6.45, 7) is 3.97. The smallest absolute Gasteiger partial charge is 0.270 e. The Kier molecular flexibility index (Phi) is 6.70. The van der Waals surface area contributed by atoms with Gasteiger partial charge in [-0.2, -0.15) is 0 Å². The van der Waals surface area contributed by atoms with Gasteiger partial charge in [-0.3, -0.25) is 14.8 Å². The van der Waals surface area contributed by atoms with E-state index in [0.717, 1.165) is 11.6 Å². The predicted molar refractivity (Wildman–Crippen MR) is 108 cm³/mol. The van der Waals surface area contributed by atoms with E-state index < -0.39 is 14.9 Å². The van der Waals surface area contributed by atoms with Crippen LogP contribution < -0.4 is 15.4 Å². The van der Waals surface area contributed by atoms with Crippen LogP contribution in [-0.2, 0) is 16.6 Å². The molecule has 0 amide bonds. The van der Waals surface area contributed by atoms with Gasteiger partial charge in [-0.1, -0.05) is 30.3 Å². The normalized spacial score (nSPS) is 11.1. The van der Waals surface area contributed by atoms with E-state index in [0.29, 0.717) is 6.54 Å². The molecular weight excluding hydrogens is 388 g/mol. The quantitative estimate of drug-likeness (QED) is 0.367. The topological polar surface area (TPSA) is 113 Å². The van der Waals surface area contributed by atoms with Crippen molar-refractivity contribution in [3.05, 3.63) is 64.2 Å². The molecule has 8 nitrogen and oxygen atoms in total. The number of rotatable bonds is 7. The Morgan fingerprint density at radius 3 is 2.44 bits per heavy atom. The summed E-state index contributed by atoms with van der Waals surface area (Å²) in [4.78, 5) is 10.2. The molecule has 0 spiro atoms. The van der Waals surface area contributed by atoms with Gasteiger partial charge in [-0.25, -0.2) is 8.42 Å². The molecule has 0 fully saturated rings. The number of hydrogen-bond acceptors (Lipinski definition) is 6. The first kappa shape index (κ1) is 20.6. The molecule has 0 saturated carbocycles. The van der Waals surface area contributed by atoms with Crippen molar-refractivity contribution in [1.29, 1.82) is 0 Å². The number of nitrogens with zero attached hydrogens (tertiary/aromatic N) is 1. The molecule has 0 unspecified atom stereocenters. The molecule has 144 valence electrons. The molecule has 2 aromatic rings. The van der Waals surface area contributed by atoms with E-state index in [9.17, 15) is 18.5 Å². The minimum atomic E-state index is -4.12. The molecule has 0 aliphatic heterocycles. The van der Waals surface area contributed by atoms with Gasteiger partial charge in [0, 0.05) is 24.7 Å². The minimum Gasteiger partial charge on any atom is -0.380 e. The number of thiocarbonyl (C=S) groups is 1. The zero-order valence-corrected chi connectivity index (χ0v) is 16.4. The number of nitro groups is 1.